The first-order chi connectivity index (χ1) is 6.29. The first-order valence-corrected chi connectivity index (χ1v) is 5.09. The van der Waals surface area contributed by atoms with E-state index in [1.165, 1.54) is 0 Å². The first kappa shape index (κ1) is 8.87. The predicted molar refractivity (Wildman–Crippen MR) is 51.0 cm³/mol. The van der Waals surface area contributed by atoms with Crippen molar-refractivity contribution in [2.45, 2.75) is 12.6 Å². The van der Waals surface area contributed by atoms with Crippen LogP contribution in [0.5, 0.6) is 0 Å². The first-order valence-electron chi connectivity index (χ1n) is 4.21. The van der Waals surface area contributed by atoms with Crippen molar-refractivity contribution in [3.63, 3.8) is 0 Å². The van der Waals surface area contributed by atoms with Gasteiger partial charge in [0.05, 0.1) is 6.10 Å². The molecule has 1 saturated heterocycles. The quantitative estimate of drug-likeness (QED) is 0.726. The molecule has 0 saturated carbocycles. The second-order valence-corrected chi connectivity index (χ2v) is 4.27. The number of nitrogens with zero attached hydrogens (tertiary/aromatic N) is 1. The molecule has 1 N–H and O–H groups in total. The minimum absolute atomic E-state index is 0.167. The molecule has 1 aliphatic heterocycles. The molecule has 0 atom stereocenters. The summed E-state index contributed by atoms with van der Waals surface area (Å²) >= 11 is 1.60. The number of aliphatic hydroxyl groups excluding tert-OH is 1. The largest absolute Gasteiger partial charge is 0.390 e. The van der Waals surface area contributed by atoms with Crippen molar-refractivity contribution in [3.8, 4) is 0 Å². The molecule has 2 heterocycles. The van der Waals surface area contributed by atoms with E-state index in [-0.39, 0.29) is 6.10 Å². The average molecular weight is 197 g/mol. The number of rotatable bonds is 3. The molecule has 0 aromatic carbocycles. The van der Waals surface area contributed by atoms with Gasteiger partial charge in [0.25, 0.3) is 0 Å². The Kier molecular flexibility index (Phi) is 2.44. The van der Waals surface area contributed by atoms with Crippen LogP contribution in [-0.2, 0) is 6.54 Å². The van der Waals surface area contributed by atoms with Crippen molar-refractivity contribution in [3.05, 3.63) is 21.9 Å². The molecule has 0 unspecified atom stereocenters. The molecule has 1 aromatic heterocycles. The number of likely N-dealkylation sites (tertiary alicyclic amines) is 1. The second-order valence-electron chi connectivity index (χ2n) is 3.26. The summed E-state index contributed by atoms with van der Waals surface area (Å²) in [5, 5.41) is 11.0. The third kappa shape index (κ3) is 1.80. The number of carbonyl (C=O) groups excluding carboxylic acids is 1. The van der Waals surface area contributed by atoms with Gasteiger partial charge in [-0.15, -0.1) is 11.3 Å². The van der Waals surface area contributed by atoms with E-state index < -0.39 is 0 Å². The number of aliphatic hydroxyl groups is 1. The van der Waals surface area contributed by atoms with E-state index >= 15 is 0 Å². The Bertz CT molecular complexity index is 304. The lowest BCUT2D eigenvalue weighted by Gasteiger charge is -2.35. The van der Waals surface area contributed by atoms with Crippen LogP contribution in [0, 0.1) is 0 Å². The standard InChI is InChI=1S/C9H11NO2S/c11-6-7-1-2-13-9(7)5-10-3-8(12)4-10/h1-2,6,8,12H,3-5H2. The molecule has 13 heavy (non-hydrogen) atoms. The fourth-order valence-electron chi connectivity index (χ4n) is 1.46. The third-order valence-electron chi connectivity index (χ3n) is 2.21. The Hall–Kier alpha value is -0.710. The minimum Gasteiger partial charge on any atom is -0.390 e. The van der Waals surface area contributed by atoms with E-state index in [9.17, 15) is 4.79 Å². The van der Waals surface area contributed by atoms with Gasteiger partial charge in [0.2, 0.25) is 0 Å². The molecule has 3 nitrogen and oxygen atoms in total. The van der Waals surface area contributed by atoms with Crippen LogP contribution in [0.25, 0.3) is 0 Å². The van der Waals surface area contributed by atoms with Gasteiger partial charge >= 0.3 is 0 Å². The van der Waals surface area contributed by atoms with Crippen LogP contribution in [0.1, 0.15) is 15.2 Å². The van der Waals surface area contributed by atoms with Gasteiger partial charge in [-0.25, -0.2) is 0 Å². The molecule has 2 rings (SSSR count). The van der Waals surface area contributed by atoms with Crippen molar-refractivity contribution >= 4 is 17.6 Å². The van der Waals surface area contributed by atoms with E-state index in [0.717, 1.165) is 36.4 Å². The smallest absolute Gasteiger partial charge is 0.151 e. The van der Waals surface area contributed by atoms with Crippen LogP contribution < -0.4 is 0 Å². The molecule has 0 amide bonds. The van der Waals surface area contributed by atoms with Crippen LogP contribution in [0.2, 0.25) is 0 Å². The van der Waals surface area contributed by atoms with Crippen molar-refractivity contribution in [1.82, 2.24) is 4.90 Å². The second kappa shape index (κ2) is 3.57. The summed E-state index contributed by atoms with van der Waals surface area (Å²) < 4.78 is 0. The summed E-state index contributed by atoms with van der Waals surface area (Å²) in [7, 11) is 0. The Morgan fingerprint density at radius 2 is 2.46 bits per heavy atom. The molecule has 0 radical (unpaired) electrons. The molecular formula is C9H11NO2S. The van der Waals surface area contributed by atoms with E-state index in [0.29, 0.717) is 0 Å². The van der Waals surface area contributed by atoms with Gasteiger partial charge in [-0.05, 0) is 11.4 Å². The summed E-state index contributed by atoms with van der Waals surface area (Å²) in [6, 6.07) is 1.84. The molecule has 4 heteroatoms. The van der Waals surface area contributed by atoms with E-state index in [1.54, 1.807) is 11.3 Å². The molecular weight excluding hydrogens is 186 g/mol. The van der Waals surface area contributed by atoms with Crippen LogP contribution in [-0.4, -0.2) is 35.5 Å². The maximum atomic E-state index is 10.6. The maximum absolute atomic E-state index is 10.6. The average Bonchev–Trinajstić information content (AvgIpc) is 2.49. The molecule has 1 aromatic rings. The van der Waals surface area contributed by atoms with Gasteiger partial charge in [-0.3, -0.25) is 9.69 Å². The topological polar surface area (TPSA) is 40.5 Å². The maximum Gasteiger partial charge on any atom is 0.151 e. The lowest BCUT2D eigenvalue weighted by Crippen LogP contribution is -2.49. The summed E-state index contributed by atoms with van der Waals surface area (Å²) in [5.74, 6) is 0. The van der Waals surface area contributed by atoms with Gasteiger partial charge in [-0.1, -0.05) is 0 Å². The molecule has 1 fully saturated rings. The fourth-order valence-corrected chi connectivity index (χ4v) is 2.35. The highest BCUT2D eigenvalue weighted by atomic mass is 32.1. The Balaban J connectivity index is 1.97. The van der Waals surface area contributed by atoms with Crippen LogP contribution >= 0.6 is 11.3 Å². The van der Waals surface area contributed by atoms with E-state index in [2.05, 4.69) is 4.90 Å². The van der Waals surface area contributed by atoms with Crippen molar-refractivity contribution in [1.29, 1.82) is 0 Å². The third-order valence-corrected chi connectivity index (χ3v) is 3.13. The zero-order chi connectivity index (χ0) is 9.26. The molecule has 0 bridgehead atoms. The lowest BCUT2D eigenvalue weighted by atomic mass is 10.1. The lowest BCUT2D eigenvalue weighted by molar-refractivity contribution is -0.00234. The van der Waals surface area contributed by atoms with E-state index in [4.69, 9.17) is 5.11 Å². The van der Waals surface area contributed by atoms with Crippen molar-refractivity contribution in [2.24, 2.45) is 0 Å². The number of hydrogen-bond donors (Lipinski definition) is 1. The van der Waals surface area contributed by atoms with Crippen molar-refractivity contribution < 1.29 is 9.90 Å². The number of carbonyl (C=O) groups is 1. The number of thiophene rings is 1. The Morgan fingerprint density at radius 3 is 3.08 bits per heavy atom. The Morgan fingerprint density at radius 1 is 1.69 bits per heavy atom. The molecule has 0 aliphatic carbocycles. The SMILES string of the molecule is O=Cc1ccsc1CN1CC(O)C1. The summed E-state index contributed by atoms with van der Waals surface area (Å²) in [4.78, 5) is 13.8. The normalized spacial score (nSPS) is 18.5. The highest BCUT2D eigenvalue weighted by molar-refractivity contribution is 7.10. The highest BCUT2D eigenvalue weighted by Crippen LogP contribution is 2.20. The highest BCUT2D eigenvalue weighted by Gasteiger charge is 2.24. The monoisotopic (exact) mass is 197 g/mol. The van der Waals surface area contributed by atoms with Crippen LogP contribution in [0.15, 0.2) is 11.4 Å². The molecule has 0 spiro atoms. The minimum atomic E-state index is -0.167. The zero-order valence-corrected chi connectivity index (χ0v) is 7.96. The van der Waals surface area contributed by atoms with Gasteiger partial charge < -0.3 is 5.11 Å². The van der Waals surface area contributed by atoms with Crippen LogP contribution in [0.4, 0.5) is 0 Å². The number of β-amino-alcohol motifs (C(OH)–C–C–N with tert-alkyl or cyclic N) is 1. The summed E-state index contributed by atoms with van der Waals surface area (Å²) in [6.45, 7) is 2.26. The summed E-state index contributed by atoms with van der Waals surface area (Å²) in [6.07, 6.45) is 0.724. The van der Waals surface area contributed by atoms with Gasteiger partial charge in [-0.2, -0.15) is 0 Å². The number of hydrogen-bond acceptors (Lipinski definition) is 4. The predicted octanol–water partition coefficient (Wildman–Crippen LogP) is 0.737. The number of aldehydes is 1. The molecule has 70 valence electrons. The molecule has 1 aliphatic rings. The summed E-state index contributed by atoms with van der Waals surface area (Å²) in [5.41, 5.74) is 0.784. The fraction of sp³-hybridized carbons (Fsp3) is 0.444. The Labute approximate surface area is 80.6 Å². The van der Waals surface area contributed by atoms with Gasteiger partial charge in [0.1, 0.15) is 0 Å². The zero-order valence-electron chi connectivity index (χ0n) is 7.14. The van der Waals surface area contributed by atoms with Gasteiger partial charge in [0.15, 0.2) is 6.29 Å². The van der Waals surface area contributed by atoms with Crippen molar-refractivity contribution in [2.75, 3.05) is 13.1 Å². The van der Waals surface area contributed by atoms with Gasteiger partial charge in [0, 0.05) is 30.1 Å². The van der Waals surface area contributed by atoms with E-state index in [1.807, 2.05) is 11.4 Å². The van der Waals surface area contributed by atoms with Crippen LogP contribution in [0.3, 0.4) is 0 Å².